The third-order valence-electron chi connectivity index (χ3n) is 3.56. The van der Waals surface area contributed by atoms with Crippen LogP contribution in [0.25, 0.3) is 5.70 Å². The molecule has 0 aromatic heterocycles. The Bertz CT molecular complexity index is 857. The molecule has 0 atom stereocenters. The molecule has 3 aromatic rings. The molecule has 3 aromatic carbocycles. The Morgan fingerprint density at radius 2 is 1.29 bits per heavy atom. The summed E-state index contributed by atoms with van der Waals surface area (Å²) in [7, 11) is 0. The van der Waals surface area contributed by atoms with Crippen molar-refractivity contribution >= 4 is 33.1 Å². The Labute approximate surface area is 150 Å². The third-order valence-corrected chi connectivity index (χ3v) is 4.25. The van der Waals surface area contributed by atoms with Crippen LogP contribution < -0.4 is 5.32 Å². The lowest BCUT2D eigenvalue weighted by Crippen LogP contribution is -2.04. The molecular weight excluding hydrogens is 362 g/mol. The van der Waals surface area contributed by atoms with Gasteiger partial charge in [0.1, 0.15) is 0 Å². The summed E-state index contributed by atoms with van der Waals surface area (Å²) < 4.78 is 0.944. The standard InChI is InChI=1S/C21H16BrNO/c22-18-13-7-8-14-19(18)23-20(16-9-3-1-4-10-16)15-21(24)17-11-5-2-6-12-17/h1-15,23H/b20-15-. The second kappa shape index (κ2) is 7.75. The molecule has 3 rings (SSSR count). The van der Waals surface area contributed by atoms with Crippen molar-refractivity contribution in [3.05, 3.63) is 107 Å². The molecule has 2 nitrogen and oxygen atoms in total. The number of benzene rings is 3. The zero-order valence-electron chi connectivity index (χ0n) is 12.9. The monoisotopic (exact) mass is 377 g/mol. The topological polar surface area (TPSA) is 29.1 Å². The molecule has 0 fully saturated rings. The van der Waals surface area contributed by atoms with Crippen LogP contribution in [-0.4, -0.2) is 5.78 Å². The number of hydrogen-bond donors (Lipinski definition) is 1. The van der Waals surface area contributed by atoms with Crippen molar-refractivity contribution in [2.24, 2.45) is 0 Å². The van der Waals surface area contributed by atoms with Gasteiger partial charge in [0.15, 0.2) is 5.78 Å². The van der Waals surface area contributed by atoms with Gasteiger partial charge in [-0.3, -0.25) is 4.79 Å². The van der Waals surface area contributed by atoms with E-state index < -0.39 is 0 Å². The van der Waals surface area contributed by atoms with E-state index in [-0.39, 0.29) is 5.78 Å². The first kappa shape index (κ1) is 16.2. The number of rotatable bonds is 5. The SMILES string of the molecule is O=C(/C=C(\Nc1ccccc1Br)c1ccccc1)c1ccccc1. The van der Waals surface area contributed by atoms with Crippen LogP contribution in [0.5, 0.6) is 0 Å². The van der Waals surface area contributed by atoms with E-state index in [0.717, 1.165) is 21.4 Å². The van der Waals surface area contributed by atoms with Gasteiger partial charge in [-0.2, -0.15) is 0 Å². The molecule has 0 unspecified atom stereocenters. The maximum atomic E-state index is 12.6. The zero-order valence-corrected chi connectivity index (χ0v) is 14.5. The highest BCUT2D eigenvalue weighted by Crippen LogP contribution is 2.26. The first-order chi connectivity index (χ1) is 11.7. The lowest BCUT2D eigenvalue weighted by molar-refractivity contribution is 0.104. The van der Waals surface area contributed by atoms with Gasteiger partial charge in [0.2, 0.25) is 0 Å². The smallest absolute Gasteiger partial charge is 0.187 e. The summed E-state index contributed by atoms with van der Waals surface area (Å²) in [5.41, 5.74) is 3.29. The van der Waals surface area contributed by atoms with Crippen LogP contribution in [0.1, 0.15) is 15.9 Å². The second-order valence-corrected chi connectivity index (χ2v) is 6.11. The molecule has 118 valence electrons. The summed E-state index contributed by atoms with van der Waals surface area (Å²) >= 11 is 3.53. The van der Waals surface area contributed by atoms with E-state index >= 15 is 0 Å². The number of anilines is 1. The van der Waals surface area contributed by atoms with E-state index in [4.69, 9.17) is 0 Å². The highest BCUT2D eigenvalue weighted by Gasteiger charge is 2.08. The van der Waals surface area contributed by atoms with Gasteiger partial charge in [0.05, 0.1) is 5.69 Å². The van der Waals surface area contributed by atoms with Crippen LogP contribution in [0, 0.1) is 0 Å². The Hall–Kier alpha value is -2.65. The van der Waals surface area contributed by atoms with Crippen LogP contribution in [-0.2, 0) is 0 Å². The van der Waals surface area contributed by atoms with Gasteiger partial charge in [-0.25, -0.2) is 0 Å². The van der Waals surface area contributed by atoms with Gasteiger partial charge in [0.25, 0.3) is 0 Å². The molecule has 0 aliphatic rings. The number of para-hydroxylation sites is 1. The van der Waals surface area contributed by atoms with Crippen molar-refractivity contribution in [1.29, 1.82) is 0 Å². The maximum absolute atomic E-state index is 12.6. The van der Waals surface area contributed by atoms with E-state index in [0.29, 0.717) is 5.56 Å². The van der Waals surface area contributed by atoms with Gasteiger partial charge in [-0.05, 0) is 33.6 Å². The maximum Gasteiger partial charge on any atom is 0.187 e. The summed E-state index contributed by atoms with van der Waals surface area (Å²) in [5.74, 6) is -0.0333. The highest BCUT2D eigenvalue weighted by molar-refractivity contribution is 9.10. The number of carbonyl (C=O) groups is 1. The Balaban J connectivity index is 1.98. The third kappa shape index (κ3) is 4.00. The molecule has 0 spiro atoms. The minimum Gasteiger partial charge on any atom is -0.354 e. The van der Waals surface area contributed by atoms with E-state index in [1.807, 2.05) is 84.9 Å². The number of carbonyl (C=O) groups excluding carboxylic acids is 1. The van der Waals surface area contributed by atoms with Crippen molar-refractivity contribution in [2.75, 3.05) is 5.32 Å². The quantitative estimate of drug-likeness (QED) is 0.450. The number of allylic oxidation sites excluding steroid dienone is 1. The van der Waals surface area contributed by atoms with E-state index in [1.165, 1.54) is 0 Å². The summed E-state index contributed by atoms with van der Waals surface area (Å²) in [6.07, 6.45) is 1.64. The highest BCUT2D eigenvalue weighted by atomic mass is 79.9. The molecule has 0 saturated carbocycles. The molecule has 1 N–H and O–H groups in total. The number of hydrogen-bond acceptors (Lipinski definition) is 2. The molecule has 0 amide bonds. The lowest BCUT2D eigenvalue weighted by Gasteiger charge is -2.13. The lowest BCUT2D eigenvalue weighted by atomic mass is 10.1. The van der Waals surface area contributed by atoms with E-state index in [9.17, 15) is 4.79 Å². The predicted molar refractivity (Wildman–Crippen MR) is 103 cm³/mol. The van der Waals surface area contributed by atoms with E-state index in [1.54, 1.807) is 6.08 Å². The van der Waals surface area contributed by atoms with Gasteiger partial charge in [-0.15, -0.1) is 0 Å². The molecule has 0 heterocycles. The molecule has 24 heavy (non-hydrogen) atoms. The summed E-state index contributed by atoms with van der Waals surface area (Å²) in [6.45, 7) is 0. The summed E-state index contributed by atoms with van der Waals surface area (Å²) in [4.78, 5) is 12.6. The second-order valence-electron chi connectivity index (χ2n) is 5.26. The van der Waals surface area contributed by atoms with Crippen LogP contribution in [0.15, 0.2) is 95.5 Å². The van der Waals surface area contributed by atoms with Crippen LogP contribution in [0.2, 0.25) is 0 Å². The molecule has 0 bridgehead atoms. The van der Waals surface area contributed by atoms with Gasteiger partial charge < -0.3 is 5.32 Å². The van der Waals surface area contributed by atoms with Crippen molar-refractivity contribution < 1.29 is 4.79 Å². The van der Waals surface area contributed by atoms with Gasteiger partial charge >= 0.3 is 0 Å². The van der Waals surface area contributed by atoms with Crippen molar-refractivity contribution in [2.45, 2.75) is 0 Å². The molecular formula is C21H16BrNO. The number of nitrogens with one attached hydrogen (secondary N) is 1. The fourth-order valence-corrected chi connectivity index (χ4v) is 2.72. The first-order valence-electron chi connectivity index (χ1n) is 7.62. The van der Waals surface area contributed by atoms with Crippen LogP contribution in [0.3, 0.4) is 0 Å². The largest absolute Gasteiger partial charge is 0.354 e. The zero-order chi connectivity index (χ0) is 16.8. The molecule has 0 radical (unpaired) electrons. The van der Waals surface area contributed by atoms with Crippen molar-refractivity contribution in [3.63, 3.8) is 0 Å². The Kier molecular flexibility index (Phi) is 5.24. The average molecular weight is 378 g/mol. The normalized spacial score (nSPS) is 11.1. The fraction of sp³-hybridized carbons (Fsp3) is 0. The number of halogens is 1. The van der Waals surface area contributed by atoms with Gasteiger partial charge in [-0.1, -0.05) is 72.8 Å². The van der Waals surface area contributed by atoms with E-state index in [2.05, 4.69) is 21.2 Å². The predicted octanol–water partition coefficient (Wildman–Crippen LogP) is 5.79. The Morgan fingerprint density at radius 3 is 1.92 bits per heavy atom. The van der Waals surface area contributed by atoms with Gasteiger partial charge in [0, 0.05) is 21.8 Å². The van der Waals surface area contributed by atoms with Crippen molar-refractivity contribution in [1.82, 2.24) is 0 Å². The summed E-state index contributed by atoms with van der Waals surface area (Å²) in [6, 6.07) is 26.9. The van der Waals surface area contributed by atoms with Crippen molar-refractivity contribution in [3.8, 4) is 0 Å². The first-order valence-corrected chi connectivity index (χ1v) is 8.41. The molecule has 0 saturated heterocycles. The number of ketones is 1. The molecule has 0 aliphatic carbocycles. The van der Waals surface area contributed by atoms with Crippen LogP contribution in [0.4, 0.5) is 5.69 Å². The molecule has 0 aliphatic heterocycles. The van der Waals surface area contributed by atoms with Crippen LogP contribution >= 0.6 is 15.9 Å². The minimum absolute atomic E-state index is 0.0333. The minimum atomic E-state index is -0.0333. The fourth-order valence-electron chi connectivity index (χ4n) is 2.33. The Morgan fingerprint density at radius 1 is 0.750 bits per heavy atom. The average Bonchev–Trinajstić information content (AvgIpc) is 2.64. The summed E-state index contributed by atoms with van der Waals surface area (Å²) in [5, 5.41) is 3.36. The molecule has 3 heteroatoms.